The van der Waals surface area contributed by atoms with E-state index in [1.807, 2.05) is 30.3 Å². The topological polar surface area (TPSA) is 84.7 Å². The number of carbonyl (C=O) groups is 1. The Kier molecular flexibility index (Phi) is 7.76. The van der Waals surface area contributed by atoms with Crippen molar-refractivity contribution in [1.29, 1.82) is 0 Å². The molecule has 7 nitrogen and oxygen atoms in total. The van der Waals surface area contributed by atoms with Gasteiger partial charge in [-0.15, -0.1) is 0 Å². The smallest absolute Gasteiger partial charge is 0.310 e. The van der Waals surface area contributed by atoms with Crippen LogP contribution in [-0.4, -0.2) is 42.0 Å². The van der Waals surface area contributed by atoms with E-state index in [1.165, 1.54) is 12.1 Å². The molecule has 0 spiro atoms. The summed E-state index contributed by atoms with van der Waals surface area (Å²) >= 11 is 0. The molecular formula is C20H25N3O4. The Bertz CT molecular complexity index is 748. The maximum Gasteiger partial charge on any atom is 0.310 e. The minimum atomic E-state index is -0.529. The molecule has 7 heteroatoms. The SMILES string of the molecule is CCN(CC)C(CNC(=O)COc1ccccc1[N+](=O)[O-])c1ccccc1. The Balaban J connectivity index is 1.97. The van der Waals surface area contributed by atoms with E-state index in [4.69, 9.17) is 4.74 Å². The first-order valence-electron chi connectivity index (χ1n) is 8.98. The molecule has 0 radical (unpaired) electrons. The van der Waals surface area contributed by atoms with E-state index in [2.05, 4.69) is 24.1 Å². The highest BCUT2D eigenvalue weighted by Crippen LogP contribution is 2.25. The van der Waals surface area contributed by atoms with Gasteiger partial charge in [0.1, 0.15) is 0 Å². The van der Waals surface area contributed by atoms with Gasteiger partial charge in [0.2, 0.25) is 0 Å². The second kappa shape index (κ2) is 10.3. The van der Waals surface area contributed by atoms with Gasteiger partial charge in [-0.2, -0.15) is 0 Å². The Labute approximate surface area is 159 Å². The summed E-state index contributed by atoms with van der Waals surface area (Å²) in [6.45, 7) is 6.05. The standard InChI is InChI=1S/C20H25N3O4/c1-3-22(4-2)18(16-10-6-5-7-11-16)14-21-20(24)15-27-19-13-9-8-12-17(19)23(25)26/h5-13,18H,3-4,14-15H2,1-2H3,(H,21,24). The average Bonchev–Trinajstić information content (AvgIpc) is 2.70. The fourth-order valence-electron chi connectivity index (χ4n) is 2.93. The number of nitrogens with zero attached hydrogens (tertiary/aromatic N) is 2. The molecule has 0 bridgehead atoms. The molecule has 0 saturated carbocycles. The summed E-state index contributed by atoms with van der Waals surface area (Å²) in [5.41, 5.74) is 0.969. The predicted octanol–water partition coefficient (Wildman–Crippen LogP) is 3.17. The predicted molar refractivity (Wildman–Crippen MR) is 104 cm³/mol. The minimum absolute atomic E-state index is 0.0520. The molecule has 1 unspecified atom stereocenters. The molecule has 27 heavy (non-hydrogen) atoms. The first-order chi connectivity index (χ1) is 13.1. The number of para-hydroxylation sites is 2. The second-order valence-corrected chi connectivity index (χ2v) is 5.97. The van der Waals surface area contributed by atoms with Crippen LogP contribution in [0.4, 0.5) is 5.69 Å². The second-order valence-electron chi connectivity index (χ2n) is 5.97. The van der Waals surface area contributed by atoms with Crippen LogP contribution < -0.4 is 10.1 Å². The van der Waals surface area contributed by atoms with Crippen LogP contribution >= 0.6 is 0 Å². The van der Waals surface area contributed by atoms with Crippen molar-refractivity contribution in [3.63, 3.8) is 0 Å². The molecule has 0 aliphatic heterocycles. The van der Waals surface area contributed by atoms with Crippen LogP contribution in [0.15, 0.2) is 54.6 Å². The lowest BCUT2D eigenvalue weighted by Crippen LogP contribution is -2.39. The van der Waals surface area contributed by atoms with Crippen LogP contribution in [-0.2, 0) is 4.79 Å². The first-order valence-corrected chi connectivity index (χ1v) is 8.98. The third kappa shape index (κ3) is 5.79. The number of carbonyl (C=O) groups excluding carboxylic acids is 1. The maximum absolute atomic E-state index is 12.2. The molecule has 2 aromatic carbocycles. The fourth-order valence-corrected chi connectivity index (χ4v) is 2.93. The van der Waals surface area contributed by atoms with Gasteiger partial charge in [0.25, 0.3) is 5.91 Å². The number of nitro groups is 1. The molecule has 1 N–H and O–H groups in total. The number of likely N-dealkylation sites (N-methyl/N-ethyl adjacent to an activating group) is 1. The zero-order valence-corrected chi connectivity index (χ0v) is 15.6. The molecule has 0 aliphatic carbocycles. The molecule has 144 valence electrons. The van der Waals surface area contributed by atoms with E-state index in [1.54, 1.807) is 12.1 Å². The summed E-state index contributed by atoms with van der Waals surface area (Å²) in [6, 6.07) is 16.1. The molecule has 1 atom stereocenters. The van der Waals surface area contributed by atoms with Crippen molar-refractivity contribution in [2.24, 2.45) is 0 Å². The largest absolute Gasteiger partial charge is 0.477 e. The van der Waals surface area contributed by atoms with Crippen molar-refractivity contribution in [1.82, 2.24) is 10.2 Å². The monoisotopic (exact) mass is 371 g/mol. The number of hydrogen-bond acceptors (Lipinski definition) is 5. The number of nitro benzene ring substituents is 1. The number of benzene rings is 2. The number of hydrogen-bond donors (Lipinski definition) is 1. The summed E-state index contributed by atoms with van der Waals surface area (Å²) in [6.07, 6.45) is 0. The zero-order chi connectivity index (χ0) is 19.6. The van der Waals surface area contributed by atoms with Crippen LogP contribution in [0, 0.1) is 10.1 Å². The summed E-state index contributed by atoms with van der Waals surface area (Å²) < 4.78 is 5.34. The Hall–Kier alpha value is -2.93. The quantitative estimate of drug-likeness (QED) is 0.512. The molecule has 0 aliphatic rings. The highest BCUT2D eigenvalue weighted by atomic mass is 16.6. The number of rotatable bonds is 10. The fraction of sp³-hybridized carbons (Fsp3) is 0.350. The number of nitrogens with one attached hydrogen (secondary N) is 1. The molecule has 2 rings (SSSR count). The van der Waals surface area contributed by atoms with Gasteiger partial charge in [-0.1, -0.05) is 56.3 Å². The summed E-state index contributed by atoms with van der Waals surface area (Å²) in [5, 5.41) is 13.9. The molecular weight excluding hydrogens is 346 g/mol. The van der Waals surface area contributed by atoms with Gasteiger partial charge in [0.05, 0.1) is 11.0 Å². The van der Waals surface area contributed by atoms with Gasteiger partial charge in [0.15, 0.2) is 12.4 Å². The maximum atomic E-state index is 12.2. The normalized spacial score (nSPS) is 11.8. The Morgan fingerprint density at radius 3 is 2.37 bits per heavy atom. The van der Waals surface area contributed by atoms with Crippen molar-refractivity contribution in [3.05, 3.63) is 70.3 Å². The van der Waals surface area contributed by atoms with Crippen molar-refractivity contribution >= 4 is 11.6 Å². The van der Waals surface area contributed by atoms with E-state index >= 15 is 0 Å². The highest BCUT2D eigenvalue weighted by molar-refractivity contribution is 5.77. The van der Waals surface area contributed by atoms with Crippen molar-refractivity contribution in [3.8, 4) is 5.75 Å². The van der Waals surface area contributed by atoms with Gasteiger partial charge in [0, 0.05) is 12.6 Å². The highest BCUT2D eigenvalue weighted by Gasteiger charge is 2.19. The average molecular weight is 371 g/mol. The van der Waals surface area contributed by atoms with Gasteiger partial charge in [-0.05, 0) is 24.7 Å². The first kappa shape index (κ1) is 20.4. The van der Waals surface area contributed by atoms with Crippen molar-refractivity contribution in [2.45, 2.75) is 19.9 Å². The van der Waals surface area contributed by atoms with E-state index in [0.29, 0.717) is 6.54 Å². The molecule has 1 amide bonds. The number of ether oxygens (including phenoxy) is 1. The van der Waals surface area contributed by atoms with Crippen LogP contribution in [0.5, 0.6) is 5.75 Å². The van der Waals surface area contributed by atoms with Crippen LogP contribution in [0.2, 0.25) is 0 Å². The number of amides is 1. The van der Waals surface area contributed by atoms with Gasteiger partial charge in [-0.3, -0.25) is 19.8 Å². The Morgan fingerprint density at radius 1 is 1.11 bits per heavy atom. The Morgan fingerprint density at radius 2 is 1.74 bits per heavy atom. The summed E-state index contributed by atoms with van der Waals surface area (Å²) in [5.74, 6) is -0.234. The molecule has 0 saturated heterocycles. The van der Waals surface area contributed by atoms with Gasteiger partial charge in [-0.25, -0.2) is 0 Å². The summed E-state index contributed by atoms with van der Waals surface area (Å²) in [4.78, 5) is 24.9. The molecule has 0 heterocycles. The minimum Gasteiger partial charge on any atom is -0.477 e. The van der Waals surface area contributed by atoms with E-state index < -0.39 is 4.92 Å². The van der Waals surface area contributed by atoms with E-state index in [0.717, 1.165) is 18.7 Å². The molecule has 0 fully saturated rings. The lowest BCUT2D eigenvalue weighted by Gasteiger charge is -2.30. The van der Waals surface area contributed by atoms with Crippen LogP contribution in [0.3, 0.4) is 0 Å². The third-order valence-corrected chi connectivity index (χ3v) is 4.35. The lowest BCUT2D eigenvalue weighted by molar-refractivity contribution is -0.385. The molecule has 2 aromatic rings. The lowest BCUT2D eigenvalue weighted by atomic mass is 10.1. The zero-order valence-electron chi connectivity index (χ0n) is 15.6. The van der Waals surface area contributed by atoms with E-state index in [9.17, 15) is 14.9 Å². The van der Waals surface area contributed by atoms with Gasteiger partial charge < -0.3 is 10.1 Å². The van der Waals surface area contributed by atoms with Crippen LogP contribution in [0.1, 0.15) is 25.5 Å². The van der Waals surface area contributed by atoms with Crippen molar-refractivity contribution in [2.75, 3.05) is 26.2 Å². The van der Waals surface area contributed by atoms with Gasteiger partial charge >= 0.3 is 5.69 Å². The molecule has 0 aromatic heterocycles. The van der Waals surface area contributed by atoms with Crippen molar-refractivity contribution < 1.29 is 14.5 Å². The van der Waals surface area contributed by atoms with E-state index in [-0.39, 0.29) is 30.0 Å². The van der Waals surface area contributed by atoms with Crippen LogP contribution in [0.25, 0.3) is 0 Å². The third-order valence-electron chi connectivity index (χ3n) is 4.35. The summed E-state index contributed by atoms with van der Waals surface area (Å²) in [7, 11) is 0.